The van der Waals surface area contributed by atoms with E-state index in [0.717, 1.165) is 22.3 Å². The highest BCUT2D eigenvalue weighted by atomic mass is 16.5. The van der Waals surface area contributed by atoms with Crippen LogP contribution in [0.4, 0.5) is 5.88 Å². The van der Waals surface area contributed by atoms with Crippen LogP contribution in [0, 0.1) is 11.3 Å². The van der Waals surface area contributed by atoms with Crippen LogP contribution in [0.3, 0.4) is 0 Å². The molecule has 0 atom stereocenters. The summed E-state index contributed by atoms with van der Waals surface area (Å²) in [5.41, 5.74) is 3.81. The van der Waals surface area contributed by atoms with Gasteiger partial charge in [-0.1, -0.05) is 121 Å². The third-order valence-electron chi connectivity index (χ3n) is 6.22. The van der Waals surface area contributed by atoms with Gasteiger partial charge in [-0.15, -0.1) is 0 Å². The fourth-order valence-electron chi connectivity index (χ4n) is 4.44. The van der Waals surface area contributed by atoms with Crippen LogP contribution in [0.2, 0.25) is 0 Å². The van der Waals surface area contributed by atoms with Crippen molar-refractivity contribution in [2.24, 2.45) is 0 Å². The van der Waals surface area contributed by atoms with Crippen molar-refractivity contribution in [2.75, 3.05) is 11.9 Å². The van der Waals surface area contributed by atoms with Gasteiger partial charge in [0.05, 0.1) is 0 Å². The molecular weight excluding hydrogens is 488 g/mol. The van der Waals surface area contributed by atoms with E-state index in [9.17, 15) is 14.9 Å². The van der Waals surface area contributed by atoms with Gasteiger partial charge in [-0.2, -0.15) is 5.26 Å². The molecule has 0 radical (unpaired) electrons. The summed E-state index contributed by atoms with van der Waals surface area (Å²) in [6.07, 6.45) is 0. The molecule has 0 aliphatic carbocycles. The maximum Gasteiger partial charge on any atom is 0.318 e. The summed E-state index contributed by atoms with van der Waals surface area (Å²) in [5, 5.41) is 12.7. The number of carbonyl (C=O) groups excluding carboxylic acids is 2. The van der Waals surface area contributed by atoms with Crippen LogP contribution in [0.25, 0.3) is 22.5 Å². The zero-order valence-corrected chi connectivity index (χ0v) is 20.9. The van der Waals surface area contributed by atoms with E-state index in [4.69, 9.17) is 9.15 Å². The van der Waals surface area contributed by atoms with Crippen molar-refractivity contribution in [3.8, 4) is 28.5 Å². The predicted molar refractivity (Wildman–Crippen MR) is 149 cm³/mol. The van der Waals surface area contributed by atoms with E-state index >= 15 is 0 Å². The van der Waals surface area contributed by atoms with E-state index in [1.807, 2.05) is 121 Å². The first-order valence-corrected chi connectivity index (χ1v) is 12.4. The average molecular weight is 513 g/mol. The fourth-order valence-corrected chi connectivity index (χ4v) is 4.44. The Hall–Kier alpha value is -5.41. The van der Waals surface area contributed by atoms with Crippen molar-refractivity contribution in [3.63, 3.8) is 0 Å². The van der Waals surface area contributed by atoms with Gasteiger partial charge in [0.2, 0.25) is 5.88 Å². The van der Waals surface area contributed by atoms with Crippen molar-refractivity contribution in [1.82, 2.24) is 0 Å². The van der Waals surface area contributed by atoms with Gasteiger partial charge < -0.3 is 9.15 Å². The van der Waals surface area contributed by atoms with Gasteiger partial charge in [0.25, 0.3) is 5.91 Å². The number of amides is 1. The zero-order chi connectivity index (χ0) is 27.0. The zero-order valence-electron chi connectivity index (χ0n) is 20.9. The Morgan fingerprint density at radius 1 is 0.744 bits per heavy atom. The second-order valence-electron chi connectivity index (χ2n) is 8.76. The molecule has 5 aromatic rings. The number of rotatable bonds is 8. The van der Waals surface area contributed by atoms with Crippen LogP contribution < -0.4 is 5.32 Å². The minimum atomic E-state index is -0.687. The highest BCUT2D eigenvalue weighted by Crippen LogP contribution is 2.41. The Bertz CT molecular complexity index is 1570. The molecule has 4 aromatic carbocycles. The van der Waals surface area contributed by atoms with Gasteiger partial charge in [0, 0.05) is 11.1 Å². The van der Waals surface area contributed by atoms with Gasteiger partial charge in [-0.05, 0) is 16.7 Å². The van der Waals surface area contributed by atoms with Crippen LogP contribution in [-0.2, 0) is 14.3 Å². The summed E-state index contributed by atoms with van der Waals surface area (Å²) in [4.78, 5) is 26.1. The van der Waals surface area contributed by atoms with Crippen LogP contribution in [0.5, 0.6) is 0 Å². The number of anilines is 1. The van der Waals surface area contributed by atoms with Gasteiger partial charge >= 0.3 is 5.97 Å². The molecule has 6 nitrogen and oxygen atoms in total. The smallest absolute Gasteiger partial charge is 0.318 e. The standard InChI is InChI=1S/C33H24N2O4/c34-21-27-30(25-17-9-3-10-18-25)31(26-19-11-4-12-20-26)39-32(27)35-28(36)22-38-33(37)29(23-13-5-1-6-14-23)24-15-7-2-8-16-24/h1-20,29H,22H2,(H,35,36). The molecule has 1 aromatic heterocycles. The van der Waals surface area contributed by atoms with E-state index in [1.165, 1.54) is 0 Å². The van der Waals surface area contributed by atoms with Gasteiger partial charge in [-0.25, -0.2) is 0 Å². The van der Waals surface area contributed by atoms with Gasteiger partial charge in [0.1, 0.15) is 23.3 Å². The average Bonchev–Trinajstić information content (AvgIpc) is 3.36. The van der Waals surface area contributed by atoms with Crippen molar-refractivity contribution >= 4 is 17.8 Å². The summed E-state index contributed by atoms with van der Waals surface area (Å²) in [6.45, 7) is -0.540. The van der Waals surface area contributed by atoms with Crippen molar-refractivity contribution in [3.05, 3.63) is 138 Å². The Morgan fingerprint density at radius 3 is 1.74 bits per heavy atom. The number of benzene rings is 4. The fraction of sp³-hybridized carbons (Fsp3) is 0.0606. The van der Waals surface area contributed by atoms with Crippen LogP contribution in [-0.4, -0.2) is 18.5 Å². The number of carbonyl (C=O) groups is 2. The summed E-state index contributed by atoms with van der Waals surface area (Å²) in [6, 6.07) is 39.4. The third kappa shape index (κ3) is 5.63. The van der Waals surface area contributed by atoms with E-state index in [1.54, 1.807) is 0 Å². The van der Waals surface area contributed by atoms with Gasteiger partial charge in [-0.3, -0.25) is 14.9 Å². The molecule has 0 fully saturated rings. The molecule has 0 saturated heterocycles. The highest BCUT2D eigenvalue weighted by molar-refractivity contribution is 5.97. The number of nitrogens with one attached hydrogen (secondary N) is 1. The van der Waals surface area contributed by atoms with Crippen LogP contribution in [0.1, 0.15) is 22.6 Å². The normalized spacial score (nSPS) is 10.6. The molecule has 1 heterocycles. The minimum Gasteiger partial charge on any atom is -0.455 e. The first-order valence-electron chi connectivity index (χ1n) is 12.4. The SMILES string of the molecule is N#Cc1c(NC(=O)COC(=O)C(c2ccccc2)c2ccccc2)oc(-c2ccccc2)c1-c1ccccc1. The van der Waals surface area contributed by atoms with Crippen LogP contribution in [0.15, 0.2) is 126 Å². The van der Waals surface area contributed by atoms with Crippen molar-refractivity contribution in [2.45, 2.75) is 5.92 Å². The molecule has 0 saturated carbocycles. The number of furan rings is 1. The third-order valence-corrected chi connectivity index (χ3v) is 6.22. The molecule has 5 rings (SSSR count). The first kappa shape index (κ1) is 25.2. The van der Waals surface area contributed by atoms with Gasteiger partial charge in [0.15, 0.2) is 6.61 Å². The molecule has 1 amide bonds. The lowest BCUT2D eigenvalue weighted by Crippen LogP contribution is -2.24. The Kier molecular flexibility index (Phi) is 7.61. The maximum atomic E-state index is 13.2. The van der Waals surface area contributed by atoms with E-state index in [-0.39, 0.29) is 11.4 Å². The number of ether oxygens (including phenoxy) is 1. The van der Waals surface area contributed by atoms with E-state index < -0.39 is 24.4 Å². The minimum absolute atomic E-state index is 0.000996. The number of hydrogen-bond acceptors (Lipinski definition) is 5. The molecule has 0 aliphatic rings. The molecule has 1 N–H and O–H groups in total. The second kappa shape index (κ2) is 11.8. The molecular formula is C33H24N2O4. The molecule has 190 valence electrons. The van der Waals surface area contributed by atoms with E-state index in [2.05, 4.69) is 11.4 Å². The molecule has 39 heavy (non-hydrogen) atoms. The summed E-state index contributed by atoms with van der Waals surface area (Å²) in [7, 11) is 0. The quantitative estimate of drug-likeness (QED) is 0.231. The summed E-state index contributed by atoms with van der Waals surface area (Å²) in [5.74, 6) is -1.41. The monoisotopic (exact) mass is 512 g/mol. The molecule has 6 heteroatoms. The maximum absolute atomic E-state index is 13.2. The molecule has 0 spiro atoms. The number of esters is 1. The molecule has 0 bridgehead atoms. The lowest BCUT2D eigenvalue weighted by Gasteiger charge is -2.16. The first-order chi connectivity index (χ1) is 19.2. The predicted octanol–water partition coefficient (Wildman–Crippen LogP) is 6.80. The second-order valence-corrected chi connectivity index (χ2v) is 8.76. The lowest BCUT2D eigenvalue weighted by atomic mass is 9.91. The van der Waals surface area contributed by atoms with E-state index in [0.29, 0.717) is 11.3 Å². The van der Waals surface area contributed by atoms with Crippen molar-refractivity contribution in [1.29, 1.82) is 5.26 Å². The summed E-state index contributed by atoms with van der Waals surface area (Å²) < 4.78 is 11.5. The topological polar surface area (TPSA) is 92.3 Å². The lowest BCUT2D eigenvalue weighted by molar-refractivity contribution is -0.148. The molecule has 0 aliphatic heterocycles. The number of hydrogen-bond donors (Lipinski definition) is 1. The Balaban J connectivity index is 1.39. The number of nitrogens with zero attached hydrogens (tertiary/aromatic N) is 1. The molecule has 0 unspecified atom stereocenters. The highest BCUT2D eigenvalue weighted by Gasteiger charge is 2.27. The largest absolute Gasteiger partial charge is 0.455 e. The summed E-state index contributed by atoms with van der Waals surface area (Å²) >= 11 is 0. The Labute approximate surface area is 226 Å². The van der Waals surface area contributed by atoms with Crippen molar-refractivity contribution < 1.29 is 18.7 Å². The number of nitriles is 1. The van der Waals surface area contributed by atoms with Crippen LogP contribution >= 0.6 is 0 Å². The Morgan fingerprint density at radius 2 is 1.23 bits per heavy atom.